The lowest BCUT2D eigenvalue weighted by atomic mass is 10.0. The largest absolute Gasteiger partial charge is 0.324 e. The van der Waals surface area contributed by atoms with Crippen LogP contribution in [0.5, 0.6) is 0 Å². The van der Waals surface area contributed by atoms with E-state index < -0.39 is 0 Å². The zero-order chi connectivity index (χ0) is 8.97. The summed E-state index contributed by atoms with van der Waals surface area (Å²) in [7, 11) is 0. The van der Waals surface area contributed by atoms with Crippen molar-refractivity contribution >= 4 is 0 Å². The average Bonchev–Trinajstić information content (AvgIpc) is 2.05. The van der Waals surface area contributed by atoms with Crippen LogP contribution in [0.3, 0.4) is 0 Å². The minimum Gasteiger partial charge on any atom is -0.324 e. The van der Waals surface area contributed by atoms with E-state index in [1.807, 2.05) is 0 Å². The van der Waals surface area contributed by atoms with Gasteiger partial charge in [-0.1, -0.05) is 24.3 Å². The number of hydrogen-bond donors (Lipinski definition) is 1. The number of hydrogen-bond acceptors (Lipinski definition) is 1. The first-order chi connectivity index (χ1) is 5.75. The summed E-state index contributed by atoms with van der Waals surface area (Å²) < 4.78 is 13.0. The molecule has 0 aliphatic rings. The lowest BCUT2D eigenvalue weighted by molar-refractivity contribution is 0.583. The van der Waals surface area contributed by atoms with Gasteiger partial charge in [0.15, 0.2) is 0 Å². The van der Waals surface area contributed by atoms with Gasteiger partial charge in [-0.3, -0.25) is 0 Å². The normalized spacial score (nSPS) is 12.5. The Morgan fingerprint density at radius 2 is 2.17 bits per heavy atom. The van der Waals surface area contributed by atoms with Gasteiger partial charge in [0.1, 0.15) is 5.82 Å². The Labute approximate surface area is 71.7 Å². The molecule has 0 aliphatic heterocycles. The molecule has 0 radical (unpaired) electrons. The maximum atomic E-state index is 13.0. The molecular weight excluding hydrogens is 153 g/mol. The number of benzene rings is 1. The van der Waals surface area contributed by atoms with Gasteiger partial charge in [0, 0.05) is 11.6 Å². The van der Waals surface area contributed by atoms with Gasteiger partial charge in [-0.2, -0.15) is 0 Å². The molecule has 0 saturated heterocycles. The maximum absolute atomic E-state index is 13.0. The fourth-order valence-corrected chi connectivity index (χ4v) is 1.08. The third-order valence-electron chi connectivity index (χ3n) is 1.73. The van der Waals surface area contributed by atoms with Crippen LogP contribution in [-0.4, -0.2) is 0 Å². The topological polar surface area (TPSA) is 26.0 Å². The van der Waals surface area contributed by atoms with Crippen molar-refractivity contribution in [2.45, 2.75) is 12.5 Å². The molecule has 0 unspecified atom stereocenters. The van der Waals surface area contributed by atoms with E-state index in [2.05, 4.69) is 6.58 Å². The molecule has 2 N–H and O–H groups in total. The molecule has 1 atom stereocenters. The predicted molar refractivity (Wildman–Crippen MR) is 48.1 cm³/mol. The predicted octanol–water partition coefficient (Wildman–Crippen LogP) is 2.40. The van der Waals surface area contributed by atoms with Crippen molar-refractivity contribution in [1.82, 2.24) is 0 Å². The number of halogens is 1. The monoisotopic (exact) mass is 165 g/mol. The summed E-state index contributed by atoms with van der Waals surface area (Å²) in [6, 6.07) is 6.27. The quantitative estimate of drug-likeness (QED) is 0.684. The number of rotatable bonds is 3. The molecule has 1 aromatic rings. The van der Waals surface area contributed by atoms with Crippen LogP contribution in [0.2, 0.25) is 0 Å². The molecule has 0 aliphatic carbocycles. The SMILES string of the molecule is C=CC[C@H](N)c1ccccc1F. The fraction of sp³-hybridized carbons (Fsp3) is 0.200. The average molecular weight is 165 g/mol. The van der Waals surface area contributed by atoms with Crippen molar-refractivity contribution in [2.75, 3.05) is 0 Å². The van der Waals surface area contributed by atoms with Crippen molar-refractivity contribution in [3.8, 4) is 0 Å². The second-order valence-corrected chi connectivity index (χ2v) is 2.65. The van der Waals surface area contributed by atoms with Crippen LogP contribution in [0.1, 0.15) is 18.0 Å². The van der Waals surface area contributed by atoms with Crippen molar-refractivity contribution < 1.29 is 4.39 Å². The van der Waals surface area contributed by atoms with Crippen molar-refractivity contribution in [3.05, 3.63) is 48.3 Å². The highest BCUT2D eigenvalue weighted by molar-refractivity contribution is 5.21. The molecule has 0 amide bonds. The minimum absolute atomic E-state index is 0.244. The maximum Gasteiger partial charge on any atom is 0.127 e. The van der Waals surface area contributed by atoms with Crippen molar-refractivity contribution in [2.24, 2.45) is 5.73 Å². The van der Waals surface area contributed by atoms with E-state index in [4.69, 9.17) is 5.73 Å². The molecule has 0 saturated carbocycles. The van der Waals surface area contributed by atoms with E-state index in [9.17, 15) is 4.39 Å². The Morgan fingerprint density at radius 3 is 2.75 bits per heavy atom. The second-order valence-electron chi connectivity index (χ2n) is 2.65. The molecule has 0 bridgehead atoms. The summed E-state index contributed by atoms with van der Waals surface area (Å²) in [6.07, 6.45) is 2.29. The molecule has 1 rings (SSSR count). The van der Waals surface area contributed by atoms with Gasteiger partial charge in [-0.25, -0.2) is 4.39 Å². The third kappa shape index (κ3) is 1.92. The summed E-state index contributed by atoms with van der Waals surface area (Å²) in [5.74, 6) is -0.244. The first-order valence-corrected chi connectivity index (χ1v) is 3.86. The first-order valence-electron chi connectivity index (χ1n) is 3.86. The molecule has 1 aromatic carbocycles. The molecule has 1 nitrogen and oxygen atoms in total. The zero-order valence-corrected chi connectivity index (χ0v) is 6.83. The van der Waals surface area contributed by atoms with Crippen LogP contribution in [0, 0.1) is 5.82 Å². The number of nitrogens with two attached hydrogens (primary N) is 1. The molecule has 0 heterocycles. The van der Waals surface area contributed by atoms with Crippen molar-refractivity contribution in [3.63, 3.8) is 0 Å². The standard InChI is InChI=1S/C10H12FN/c1-2-5-10(12)8-6-3-4-7-9(8)11/h2-4,6-7,10H,1,5,12H2/t10-/m0/s1. The summed E-state index contributed by atoms with van der Waals surface area (Å²) in [5, 5.41) is 0. The molecule has 2 heteroatoms. The van der Waals surface area contributed by atoms with Crippen molar-refractivity contribution in [1.29, 1.82) is 0 Å². The van der Waals surface area contributed by atoms with Crippen LogP contribution in [-0.2, 0) is 0 Å². The lowest BCUT2D eigenvalue weighted by Gasteiger charge is -2.09. The fourth-order valence-electron chi connectivity index (χ4n) is 1.08. The Kier molecular flexibility index (Phi) is 3.00. The first kappa shape index (κ1) is 8.94. The van der Waals surface area contributed by atoms with E-state index in [0.29, 0.717) is 12.0 Å². The molecule has 0 fully saturated rings. The molecule has 12 heavy (non-hydrogen) atoms. The zero-order valence-electron chi connectivity index (χ0n) is 6.83. The Hall–Kier alpha value is -1.15. The van der Waals surface area contributed by atoms with Gasteiger partial charge in [-0.15, -0.1) is 6.58 Å². The van der Waals surface area contributed by atoms with Crippen LogP contribution in [0.25, 0.3) is 0 Å². The van der Waals surface area contributed by atoms with Crippen LogP contribution in [0.15, 0.2) is 36.9 Å². The van der Waals surface area contributed by atoms with Gasteiger partial charge in [-0.05, 0) is 12.5 Å². The second kappa shape index (κ2) is 4.02. The highest BCUT2D eigenvalue weighted by atomic mass is 19.1. The molecule has 64 valence electrons. The van der Waals surface area contributed by atoms with E-state index in [1.54, 1.807) is 24.3 Å². The van der Waals surface area contributed by atoms with Gasteiger partial charge < -0.3 is 5.73 Å². The van der Waals surface area contributed by atoms with Crippen LogP contribution in [0.4, 0.5) is 4.39 Å². The summed E-state index contributed by atoms with van der Waals surface area (Å²) in [5.41, 5.74) is 6.25. The van der Waals surface area contributed by atoms with Gasteiger partial charge >= 0.3 is 0 Å². The molecular formula is C10H12FN. The Morgan fingerprint density at radius 1 is 1.50 bits per heavy atom. The summed E-state index contributed by atoms with van der Waals surface area (Å²) in [4.78, 5) is 0. The van der Waals surface area contributed by atoms with Crippen LogP contribution >= 0.6 is 0 Å². The Bertz CT molecular complexity index is 270. The lowest BCUT2D eigenvalue weighted by Crippen LogP contribution is -2.10. The van der Waals surface area contributed by atoms with E-state index in [1.165, 1.54) is 6.07 Å². The van der Waals surface area contributed by atoms with E-state index in [-0.39, 0.29) is 11.9 Å². The molecule has 0 aromatic heterocycles. The van der Waals surface area contributed by atoms with Gasteiger partial charge in [0.25, 0.3) is 0 Å². The van der Waals surface area contributed by atoms with E-state index >= 15 is 0 Å². The highest BCUT2D eigenvalue weighted by Crippen LogP contribution is 2.17. The minimum atomic E-state index is -0.274. The van der Waals surface area contributed by atoms with E-state index in [0.717, 1.165) is 0 Å². The molecule has 0 spiro atoms. The summed E-state index contributed by atoms with van der Waals surface area (Å²) >= 11 is 0. The van der Waals surface area contributed by atoms with Gasteiger partial charge in [0.05, 0.1) is 0 Å². The Balaban J connectivity index is 2.86. The highest BCUT2D eigenvalue weighted by Gasteiger charge is 2.07. The third-order valence-corrected chi connectivity index (χ3v) is 1.73. The van der Waals surface area contributed by atoms with Crippen LogP contribution < -0.4 is 5.73 Å². The summed E-state index contributed by atoms with van der Waals surface area (Å²) in [6.45, 7) is 3.55. The smallest absolute Gasteiger partial charge is 0.127 e. The van der Waals surface area contributed by atoms with Gasteiger partial charge in [0.2, 0.25) is 0 Å².